The first kappa shape index (κ1) is 21.0. The van der Waals surface area contributed by atoms with Gasteiger partial charge < -0.3 is 14.8 Å². The summed E-state index contributed by atoms with van der Waals surface area (Å²) in [4.78, 5) is 18.5. The highest BCUT2D eigenvalue weighted by atomic mass is 79.9. The number of pyridine rings is 1. The number of nitrogens with one attached hydrogen (secondary N) is 1. The van der Waals surface area contributed by atoms with Gasteiger partial charge in [-0.3, -0.25) is 9.69 Å². The smallest absolute Gasteiger partial charge is 0.243 e. The van der Waals surface area contributed by atoms with E-state index in [0.717, 1.165) is 4.47 Å². The van der Waals surface area contributed by atoms with E-state index in [4.69, 9.17) is 9.47 Å². The predicted octanol–water partition coefficient (Wildman–Crippen LogP) is 1.56. The number of nitrogens with zero attached hydrogens (tertiary/aromatic N) is 3. The van der Waals surface area contributed by atoms with Crippen LogP contribution in [0.25, 0.3) is 0 Å². The van der Waals surface area contributed by atoms with Crippen LogP contribution >= 0.6 is 15.9 Å². The second-order valence-electron chi connectivity index (χ2n) is 6.90. The van der Waals surface area contributed by atoms with Crippen molar-refractivity contribution in [3.63, 3.8) is 0 Å². The van der Waals surface area contributed by atoms with Crippen LogP contribution < -0.4 is 14.8 Å². The van der Waals surface area contributed by atoms with Crippen LogP contribution in [0.3, 0.4) is 0 Å². The van der Waals surface area contributed by atoms with E-state index in [9.17, 15) is 13.2 Å². The van der Waals surface area contributed by atoms with Crippen molar-refractivity contribution in [1.29, 1.82) is 0 Å². The lowest BCUT2D eigenvalue weighted by Crippen LogP contribution is -2.50. The van der Waals surface area contributed by atoms with E-state index in [1.54, 1.807) is 24.4 Å². The van der Waals surface area contributed by atoms with Gasteiger partial charge in [0.25, 0.3) is 0 Å². The van der Waals surface area contributed by atoms with E-state index in [-0.39, 0.29) is 17.3 Å². The van der Waals surface area contributed by atoms with Crippen molar-refractivity contribution in [1.82, 2.24) is 14.2 Å². The van der Waals surface area contributed by atoms with Crippen LogP contribution in [0.2, 0.25) is 0 Å². The summed E-state index contributed by atoms with van der Waals surface area (Å²) in [5.41, 5.74) is 0. The van der Waals surface area contributed by atoms with Crippen LogP contribution in [0.15, 0.2) is 45.9 Å². The minimum Gasteiger partial charge on any atom is -0.486 e. The maximum atomic E-state index is 13.0. The molecular weight excluding hydrogens is 476 g/mol. The van der Waals surface area contributed by atoms with Crippen molar-refractivity contribution in [2.24, 2.45) is 0 Å². The summed E-state index contributed by atoms with van der Waals surface area (Å²) in [6.45, 7) is 2.56. The molecule has 0 unspecified atom stereocenters. The lowest BCUT2D eigenvalue weighted by atomic mass is 10.3. The quantitative estimate of drug-likeness (QED) is 0.669. The molecule has 2 aliphatic heterocycles. The van der Waals surface area contributed by atoms with Crippen molar-refractivity contribution < 1.29 is 22.7 Å². The molecule has 0 saturated carbocycles. The summed E-state index contributed by atoms with van der Waals surface area (Å²) in [5, 5.41) is 2.74. The van der Waals surface area contributed by atoms with Gasteiger partial charge in [-0.1, -0.05) is 0 Å². The third-order valence-corrected chi connectivity index (χ3v) is 7.21. The first-order valence-corrected chi connectivity index (χ1v) is 11.7. The van der Waals surface area contributed by atoms with Gasteiger partial charge in [0.15, 0.2) is 11.5 Å². The van der Waals surface area contributed by atoms with Crippen molar-refractivity contribution in [3.8, 4) is 11.5 Å². The molecule has 1 aromatic carbocycles. The second-order valence-corrected chi connectivity index (χ2v) is 9.75. The Balaban J connectivity index is 1.33. The first-order chi connectivity index (χ1) is 14.4. The largest absolute Gasteiger partial charge is 0.486 e. The lowest BCUT2D eigenvalue weighted by molar-refractivity contribution is -0.117. The molecule has 1 fully saturated rings. The van der Waals surface area contributed by atoms with Gasteiger partial charge >= 0.3 is 0 Å². The number of aromatic nitrogens is 1. The van der Waals surface area contributed by atoms with Crippen molar-refractivity contribution in [3.05, 3.63) is 41.0 Å². The molecule has 1 saturated heterocycles. The molecule has 0 bridgehead atoms. The maximum absolute atomic E-state index is 13.0. The zero-order valence-electron chi connectivity index (χ0n) is 16.1. The van der Waals surface area contributed by atoms with E-state index in [1.807, 2.05) is 4.90 Å². The predicted molar refractivity (Wildman–Crippen MR) is 113 cm³/mol. The number of amides is 1. The number of ether oxygens (including phenoxy) is 2. The van der Waals surface area contributed by atoms with Crippen LogP contribution in [0.1, 0.15) is 0 Å². The third kappa shape index (κ3) is 4.75. The normalized spacial score (nSPS) is 17.5. The Bertz CT molecular complexity index is 1020. The van der Waals surface area contributed by atoms with E-state index >= 15 is 0 Å². The number of sulfonamides is 1. The van der Waals surface area contributed by atoms with Gasteiger partial charge in [0, 0.05) is 42.9 Å². The fourth-order valence-corrected chi connectivity index (χ4v) is 4.97. The SMILES string of the molecule is O=C(CN1CCN(S(=O)(=O)c2ccc3c(c2)OCCO3)CC1)Nc1ccc(Br)cn1. The Labute approximate surface area is 183 Å². The average molecular weight is 497 g/mol. The average Bonchev–Trinajstić information content (AvgIpc) is 2.75. The Morgan fingerprint density at radius 3 is 2.50 bits per heavy atom. The van der Waals surface area contributed by atoms with Gasteiger partial charge in [-0.05, 0) is 40.2 Å². The van der Waals surface area contributed by atoms with Gasteiger partial charge in [-0.2, -0.15) is 4.31 Å². The van der Waals surface area contributed by atoms with E-state index in [2.05, 4.69) is 26.2 Å². The number of halogens is 1. The highest BCUT2D eigenvalue weighted by Gasteiger charge is 2.30. The van der Waals surface area contributed by atoms with Gasteiger partial charge in [-0.15, -0.1) is 0 Å². The monoisotopic (exact) mass is 496 g/mol. The second kappa shape index (κ2) is 8.88. The van der Waals surface area contributed by atoms with Crippen molar-refractivity contribution in [2.45, 2.75) is 4.90 Å². The number of benzene rings is 1. The third-order valence-electron chi connectivity index (χ3n) is 4.84. The topological polar surface area (TPSA) is 101 Å². The summed E-state index contributed by atoms with van der Waals surface area (Å²) in [6.07, 6.45) is 1.61. The molecule has 3 heterocycles. The summed E-state index contributed by atoms with van der Waals surface area (Å²) < 4.78 is 39.2. The number of piperazine rings is 1. The molecule has 1 aromatic heterocycles. The zero-order valence-corrected chi connectivity index (χ0v) is 18.5. The van der Waals surface area contributed by atoms with E-state index in [1.165, 1.54) is 16.4 Å². The zero-order chi connectivity index (χ0) is 21.1. The maximum Gasteiger partial charge on any atom is 0.243 e. The minimum atomic E-state index is -3.64. The Kier molecular flexibility index (Phi) is 6.23. The van der Waals surface area contributed by atoms with E-state index < -0.39 is 10.0 Å². The van der Waals surface area contributed by atoms with Crippen LogP contribution in [-0.2, 0) is 14.8 Å². The molecule has 11 heteroatoms. The van der Waals surface area contributed by atoms with Gasteiger partial charge in [0.2, 0.25) is 15.9 Å². The number of carbonyl (C=O) groups is 1. The molecule has 9 nitrogen and oxygen atoms in total. The van der Waals surface area contributed by atoms with Gasteiger partial charge in [-0.25, -0.2) is 13.4 Å². The van der Waals surface area contributed by atoms with Crippen LogP contribution in [0.5, 0.6) is 11.5 Å². The minimum absolute atomic E-state index is 0.176. The molecule has 0 aliphatic carbocycles. The molecule has 30 heavy (non-hydrogen) atoms. The lowest BCUT2D eigenvalue weighted by Gasteiger charge is -2.33. The molecule has 1 amide bonds. The van der Waals surface area contributed by atoms with Crippen molar-refractivity contribution >= 4 is 37.7 Å². The van der Waals surface area contributed by atoms with Gasteiger partial charge in [0.05, 0.1) is 11.4 Å². The molecular formula is C19H21BrN4O5S. The number of fused-ring (bicyclic) bond motifs is 1. The standard InChI is InChI=1S/C19H21BrN4O5S/c20-14-1-4-18(21-12-14)22-19(25)13-23-5-7-24(8-6-23)30(26,27)15-2-3-16-17(11-15)29-10-9-28-16/h1-4,11-12H,5-10,13H2,(H,21,22,25). The van der Waals surface area contributed by atoms with E-state index in [0.29, 0.717) is 56.7 Å². The Morgan fingerprint density at radius 1 is 1.07 bits per heavy atom. The fraction of sp³-hybridized carbons (Fsp3) is 0.368. The molecule has 4 rings (SSSR count). The van der Waals surface area contributed by atoms with Crippen molar-refractivity contribution in [2.75, 3.05) is 51.3 Å². The molecule has 2 aliphatic rings. The molecule has 160 valence electrons. The van der Waals surface area contributed by atoms with Crippen LogP contribution in [-0.4, -0.2) is 74.5 Å². The first-order valence-electron chi connectivity index (χ1n) is 9.45. The number of hydrogen-bond donors (Lipinski definition) is 1. The summed E-state index contributed by atoms with van der Waals surface area (Å²) in [6, 6.07) is 8.17. The van der Waals surface area contributed by atoms with Gasteiger partial charge in [0.1, 0.15) is 19.0 Å². The molecule has 2 aromatic rings. The fourth-order valence-electron chi connectivity index (χ4n) is 3.30. The van der Waals surface area contributed by atoms with Crippen LogP contribution in [0, 0.1) is 0 Å². The number of hydrogen-bond acceptors (Lipinski definition) is 7. The number of rotatable bonds is 5. The number of anilines is 1. The Morgan fingerprint density at radius 2 is 1.80 bits per heavy atom. The molecule has 1 N–H and O–H groups in total. The number of carbonyl (C=O) groups excluding carboxylic acids is 1. The summed E-state index contributed by atoms with van der Waals surface area (Å²) >= 11 is 3.30. The van der Waals surface area contributed by atoms with Crippen LogP contribution in [0.4, 0.5) is 5.82 Å². The highest BCUT2D eigenvalue weighted by molar-refractivity contribution is 9.10. The Hall–Kier alpha value is -2.21. The molecule has 0 radical (unpaired) electrons. The molecule has 0 atom stereocenters. The summed E-state index contributed by atoms with van der Waals surface area (Å²) in [7, 11) is -3.64. The summed E-state index contributed by atoms with van der Waals surface area (Å²) in [5.74, 6) is 1.28. The molecule has 0 spiro atoms. The highest BCUT2D eigenvalue weighted by Crippen LogP contribution is 2.33.